The number of alkyl halides is 3. The van der Waals surface area contributed by atoms with Gasteiger partial charge in [-0.3, -0.25) is 9.59 Å². The molecule has 1 amide bonds. The molecule has 2 rings (SSSR count). The van der Waals surface area contributed by atoms with Gasteiger partial charge in [-0.1, -0.05) is 48.5 Å². The first-order chi connectivity index (χ1) is 12.3. The van der Waals surface area contributed by atoms with Crippen molar-refractivity contribution >= 4 is 11.9 Å². The molecule has 2 aromatic rings. The fraction of sp³-hybridized carbons (Fsp3) is 0.263. The zero-order valence-corrected chi connectivity index (χ0v) is 13.8. The molecule has 0 fully saturated rings. The molecule has 0 radical (unpaired) electrons. The van der Waals surface area contributed by atoms with E-state index in [0.717, 1.165) is 17.7 Å². The van der Waals surface area contributed by atoms with Crippen LogP contribution in [0.25, 0.3) is 0 Å². The molecule has 1 unspecified atom stereocenters. The molecule has 0 aliphatic heterocycles. The molecule has 26 heavy (non-hydrogen) atoms. The number of carboxylic acid groups (broad SMARTS) is 1. The minimum Gasteiger partial charge on any atom is -0.481 e. The molecule has 0 aliphatic carbocycles. The molecule has 0 heterocycles. The van der Waals surface area contributed by atoms with E-state index in [1.165, 1.54) is 12.1 Å². The third-order valence-corrected chi connectivity index (χ3v) is 3.84. The Hall–Kier alpha value is -2.83. The van der Waals surface area contributed by atoms with Crippen molar-refractivity contribution in [1.82, 2.24) is 5.32 Å². The summed E-state index contributed by atoms with van der Waals surface area (Å²) >= 11 is 0. The fourth-order valence-corrected chi connectivity index (χ4v) is 2.49. The van der Waals surface area contributed by atoms with Crippen LogP contribution in [0.2, 0.25) is 0 Å². The molecule has 0 aromatic heterocycles. The maximum Gasteiger partial charge on any atom is 0.416 e. The van der Waals surface area contributed by atoms with E-state index in [-0.39, 0.29) is 24.9 Å². The SMILES string of the molecule is O=C(Cc1cccc(C(F)(F)F)c1)NCC(Cc1ccccc1)C(=O)O. The zero-order chi connectivity index (χ0) is 19.2. The maximum atomic E-state index is 12.7. The van der Waals surface area contributed by atoms with Crippen LogP contribution in [0.5, 0.6) is 0 Å². The Morgan fingerprint density at radius 3 is 2.27 bits per heavy atom. The molecule has 4 nitrogen and oxygen atoms in total. The van der Waals surface area contributed by atoms with Crippen LogP contribution in [0.4, 0.5) is 13.2 Å². The average Bonchev–Trinajstić information content (AvgIpc) is 2.58. The minimum absolute atomic E-state index is 0.0952. The van der Waals surface area contributed by atoms with Crippen molar-refractivity contribution in [2.45, 2.75) is 19.0 Å². The van der Waals surface area contributed by atoms with Gasteiger partial charge in [-0.2, -0.15) is 13.2 Å². The number of rotatable bonds is 7. The van der Waals surface area contributed by atoms with Crippen LogP contribution in [0, 0.1) is 5.92 Å². The van der Waals surface area contributed by atoms with E-state index in [0.29, 0.717) is 0 Å². The molecule has 0 bridgehead atoms. The summed E-state index contributed by atoms with van der Waals surface area (Å²) in [6.45, 7) is -0.0952. The molecule has 0 aliphatic rings. The Morgan fingerprint density at radius 2 is 1.65 bits per heavy atom. The first-order valence-electron chi connectivity index (χ1n) is 7.95. The Balaban J connectivity index is 1.93. The van der Waals surface area contributed by atoms with E-state index in [4.69, 9.17) is 0 Å². The second-order valence-electron chi connectivity index (χ2n) is 5.90. The number of benzene rings is 2. The van der Waals surface area contributed by atoms with Crippen LogP contribution in [-0.4, -0.2) is 23.5 Å². The van der Waals surface area contributed by atoms with Crippen molar-refractivity contribution in [1.29, 1.82) is 0 Å². The highest BCUT2D eigenvalue weighted by molar-refractivity contribution is 5.79. The lowest BCUT2D eigenvalue weighted by atomic mass is 9.99. The van der Waals surface area contributed by atoms with Gasteiger partial charge >= 0.3 is 12.1 Å². The number of carbonyl (C=O) groups excluding carboxylic acids is 1. The van der Waals surface area contributed by atoms with Gasteiger partial charge in [-0.05, 0) is 23.6 Å². The number of hydrogen-bond donors (Lipinski definition) is 2. The molecule has 0 spiro atoms. The third kappa shape index (κ3) is 5.91. The average molecular weight is 365 g/mol. The summed E-state index contributed by atoms with van der Waals surface area (Å²) in [5.41, 5.74) is 0.217. The second-order valence-corrected chi connectivity index (χ2v) is 5.90. The number of halogens is 3. The highest BCUT2D eigenvalue weighted by Crippen LogP contribution is 2.29. The van der Waals surface area contributed by atoms with Crippen molar-refractivity contribution in [2.24, 2.45) is 5.92 Å². The number of aliphatic carboxylic acids is 1. The molecule has 2 aromatic carbocycles. The Labute approximate surface area is 148 Å². The molecule has 7 heteroatoms. The van der Waals surface area contributed by atoms with Gasteiger partial charge < -0.3 is 10.4 Å². The van der Waals surface area contributed by atoms with Crippen LogP contribution in [0.1, 0.15) is 16.7 Å². The van der Waals surface area contributed by atoms with Crippen LogP contribution in [-0.2, 0) is 28.6 Å². The van der Waals surface area contributed by atoms with Gasteiger partial charge in [0.25, 0.3) is 0 Å². The molecular weight excluding hydrogens is 347 g/mol. The van der Waals surface area contributed by atoms with Gasteiger partial charge in [0.05, 0.1) is 17.9 Å². The van der Waals surface area contributed by atoms with E-state index in [2.05, 4.69) is 5.32 Å². The predicted molar refractivity (Wildman–Crippen MR) is 89.4 cm³/mol. The Bertz CT molecular complexity index is 760. The van der Waals surface area contributed by atoms with Crippen molar-refractivity contribution in [3.8, 4) is 0 Å². The summed E-state index contributed by atoms with van der Waals surface area (Å²) < 4.78 is 38.1. The van der Waals surface area contributed by atoms with E-state index in [1.54, 1.807) is 24.3 Å². The molecule has 0 saturated heterocycles. The summed E-state index contributed by atoms with van der Waals surface area (Å²) in [4.78, 5) is 23.3. The van der Waals surface area contributed by atoms with Crippen molar-refractivity contribution < 1.29 is 27.9 Å². The largest absolute Gasteiger partial charge is 0.481 e. The molecular formula is C19H18F3NO3. The summed E-state index contributed by atoms with van der Waals surface area (Å²) in [7, 11) is 0. The minimum atomic E-state index is -4.48. The second kappa shape index (κ2) is 8.51. The smallest absolute Gasteiger partial charge is 0.416 e. The van der Waals surface area contributed by atoms with Crippen molar-refractivity contribution in [3.63, 3.8) is 0 Å². The number of carbonyl (C=O) groups is 2. The van der Waals surface area contributed by atoms with Crippen LogP contribution in [0.3, 0.4) is 0 Å². The predicted octanol–water partition coefficient (Wildman–Crippen LogP) is 3.31. The van der Waals surface area contributed by atoms with Gasteiger partial charge in [-0.15, -0.1) is 0 Å². The zero-order valence-electron chi connectivity index (χ0n) is 13.8. The van der Waals surface area contributed by atoms with E-state index in [9.17, 15) is 27.9 Å². The first kappa shape index (κ1) is 19.5. The first-order valence-corrected chi connectivity index (χ1v) is 7.95. The number of carboxylic acids is 1. The Morgan fingerprint density at radius 1 is 1.00 bits per heavy atom. The van der Waals surface area contributed by atoms with Crippen molar-refractivity contribution in [2.75, 3.05) is 6.54 Å². The topological polar surface area (TPSA) is 66.4 Å². The van der Waals surface area contributed by atoms with E-state index in [1.807, 2.05) is 6.07 Å². The molecule has 0 saturated carbocycles. The van der Waals surface area contributed by atoms with Gasteiger partial charge in [-0.25, -0.2) is 0 Å². The van der Waals surface area contributed by atoms with Crippen molar-refractivity contribution in [3.05, 3.63) is 71.3 Å². The number of hydrogen-bond acceptors (Lipinski definition) is 2. The molecule has 2 N–H and O–H groups in total. The lowest BCUT2D eigenvalue weighted by molar-refractivity contribution is -0.141. The molecule has 138 valence electrons. The lowest BCUT2D eigenvalue weighted by Gasteiger charge is -2.14. The monoisotopic (exact) mass is 365 g/mol. The van der Waals surface area contributed by atoms with Gasteiger partial charge in [0, 0.05) is 6.54 Å². The third-order valence-electron chi connectivity index (χ3n) is 3.84. The fourth-order valence-electron chi connectivity index (χ4n) is 2.49. The van der Waals surface area contributed by atoms with E-state index < -0.39 is 29.5 Å². The normalized spacial score (nSPS) is 12.4. The maximum absolute atomic E-state index is 12.7. The van der Waals surface area contributed by atoms with Gasteiger partial charge in [0.15, 0.2) is 0 Å². The summed E-state index contributed by atoms with van der Waals surface area (Å²) in [5.74, 6) is -2.39. The van der Waals surface area contributed by atoms with E-state index >= 15 is 0 Å². The van der Waals surface area contributed by atoms with Gasteiger partial charge in [0.1, 0.15) is 0 Å². The lowest BCUT2D eigenvalue weighted by Crippen LogP contribution is -2.34. The highest BCUT2D eigenvalue weighted by Gasteiger charge is 2.30. The highest BCUT2D eigenvalue weighted by atomic mass is 19.4. The summed E-state index contributed by atoms with van der Waals surface area (Å²) in [6, 6.07) is 13.5. The number of amides is 1. The van der Waals surface area contributed by atoms with Crippen LogP contribution < -0.4 is 5.32 Å². The molecule has 1 atom stereocenters. The number of nitrogens with one attached hydrogen (secondary N) is 1. The standard InChI is InChI=1S/C19H18F3NO3/c20-19(21,22)16-8-4-7-14(10-16)11-17(24)23-12-15(18(25)26)9-13-5-2-1-3-6-13/h1-8,10,15H,9,11-12H2,(H,23,24)(H,25,26). The summed E-state index contributed by atoms with van der Waals surface area (Å²) in [6.07, 6.45) is -4.47. The van der Waals surface area contributed by atoms with Crippen LogP contribution >= 0.6 is 0 Å². The quantitative estimate of drug-likeness (QED) is 0.791. The summed E-state index contributed by atoms with van der Waals surface area (Å²) in [5, 5.41) is 11.8. The van der Waals surface area contributed by atoms with Crippen LogP contribution in [0.15, 0.2) is 54.6 Å². The van der Waals surface area contributed by atoms with Gasteiger partial charge in [0.2, 0.25) is 5.91 Å². The Kier molecular flexibility index (Phi) is 6.38.